The molecule has 0 aliphatic carbocycles. The van der Waals surface area contributed by atoms with Crippen LogP contribution < -0.4 is 10.6 Å². The largest absolute Gasteiger partial charge is 0.469 e. The normalized spacial score (nSPS) is 14.1. The van der Waals surface area contributed by atoms with Crippen molar-refractivity contribution in [1.82, 2.24) is 20.4 Å². The fourth-order valence-corrected chi connectivity index (χ4v) is 6.84. The van der Waals surface area contributed by atoms with Gasteiger partial charge in [0.05, 0.1) is 29.5 Å². The van der Waals surface area contributed by atoms with E-state index < -0.39 is 77.2 Å². The molecule has 58 heavy (non-hydrogen) atoms. The summed E-state index contributed by atoms with van der Waals surface area (Å²) in [5.41, 5.74) is -1.16. The molecule has 3 atom stereocenters. The fraction of sp³-hybridized carbons (Fsp3) is 0.381. The summed E-state index contributed by atoms with van der Waals surface area (Å²) in [5.74, 6) is -5.60. The zero-order chi connectivity index (χ0) is 42.4. The highest BCUT2D eigenvalue weighted by Crippen LogP contribution is 2.32. The molecule has 0 radical (unpaired) electrons. The summed E-state index contributed by atoms with van der Waals surface area (Å²) < 4.78 is 15.8. The smallest absolute Gasteiger partial charge is 0.418 e. The Balaban J connectivity index is 1.73. The Morgan fingerprint density at radius 1 is 0.810 bits per heavy atom. The van der Waals surface area contributed by atoms with E-state index in [0.29, 0.717) is 16.0 Å². The zero-order valence-electron chi connectivity index (χ0n) is 32.8. The molecule has 308 valence electrons. The Hall–Kier alpha value is -6.03. The van der Waals surface area contributed by atoms with Crippen molar-refractivity contribution in [2.24, 2.45) is 5.92 Å². The molecule has 15 nitrogen and oxygen atoms in total. The summed E-state index contributed by atoms with van der Waals surface area (Å²) >= 11 is 4.51. The van der Waals surface area contributed by atoms with Crippen LogP contribution in [-0.2, 0) is 46.6 Å². The number of ketones is 1. The van der Waals surface area contributed by atoms with Gasteiger partial charge in [0.15, 0.2) is 11.3 Å². The average Bonchev–Trinajstić information content (AvgIpc) is 3.47. The van der Waals surface area contributed by atoms with Gasteiger partial charge in [0.2, 0.25) is 5.91 Å². The van der Waals surface area contributed by atoms with Crippen molar-refractivity contribution in [3.63, 3.8) is 0 Å². The Bertz CT molecular complexity index is 1940. The number of imide groups is 2. The molecule has 1 aliphatic rings. The highest BCUT2D eigenvalue weighted by Gasteiger charge is 2.58. The lowest BCUT2D eigenvalue weighted by Crippen LogP contribution is -2.71. The van der Waals surface area contributed by atoms with E-state index in [9.17, 15) is 33.6 Å². The van der Waals surface area contributed by atoms with Crippen molar-refractivity contribution in [3.8, 4) is 0 Å². The molecule has 0 saturated carbocycles. The number of likely N-dealkylation sites (N-methyl/N-ethyl adjacent to an activating group) is 1. The number of hydrogen-bond donors (Lipinski definition) is 3. The number of nitrogens with zero attached hydrogens (tertiary/aromatic N) is 2. The number of rotatable bonds is 19. The van der Waals surface area contributed by atoms with Gasteiger partial charge in [0.1, 0.15) is 13.2 Å². The molecule has 16 heteroatoms. The number of hydrogen-bond acceptors (Lipinski definition) is 12. The van der Waals surface area contributed by atoms with E-state index in [-0.39, 0.29) is 56.1 Å². The number of methoxy groups -OCH3 is 1. The van der Waals surface area contributed by atoms with Gasteiger partial charge < -0.3 is 24.8 Å². The van der Waals surface area contributed by atoms with Crippen LogP contribution in [0.25, 0.3) is 0 Å². The first-order valence-electron chi connectivity index (χ1n) is 18.7. The van der Waals surface area contributed by atoms with Gasteiger partial charge in [-0.25, -0.2) is 14.5 Å². The molecular formula is C42H48N4O11S. The first kappa shape index (κ1) is 44.7. The maximum absolute atomic E-state index is 15.1. The van der Waals surface area contributed by atoms with Crippen LogP contribution in [0.15, 0.2) is 84.9 Å². The number of ether oxygens (including phenoxy) is 3. The molecule has 0 saturated heterocycles. The minimum atomic E-state index is -2.82. The van der Waals surface area contributed by atoms with Gasteiger partial charge in [-0.1, -0.05) is 86.6 Å². The molecule has 3 aromatic carbocycles. The number of alkyl carbamates (subject to hydrolysis) is 1. The molecule has 2 N–H and O–H groups in total. The predicted octanol–water partition coefficient (Wildman–Crippen LogP) is 4.87. The van der Waals surface area contributed by atoms with Crippen molar-refractivity contribution in [2.75, 3.05) is 20.7 Å². The third kappa shape index (κ3) is 10.9. The molecule has 0 bridgehead atoms. The van der Waals surface area contributed by atoms with Crippen molar-refractivity contribution in [1.29, 1.82) is 0 Å². The standard InChI is InChI=1S/C42H48N4O11S/c1-27(2)24-32(44-40(53)56-25-28-14-7-5-8-15-28)35(48)42(39(52)43-3,22-21-34(47)55-4)46(41(54)57-26-29-16-9-6-10-17-29)38(51)33(58)20-13-23-45-36(49)30-18-11-12-19-31(30)37(45)50/h5-12,14-19,27,32-33,58H,13,20-26H2,1-4H3,(H,43,52)(H,44,53)/t32-,33?,42+/m0/s1. The van der Waals surface area contributed by atoms with Crippen LogP contribution in [0, 0.1) is 5.92 Å². The lowest BCUT2D eigenvalue weighted by Gasteiger charge is -2.41. The van der Waals surface area contributed by atoms with Crippen LogP contribution in [0.4, 0.5) is 9.59 Å². The van der Waals surface area contributed by atoms with Gasteiger partial charge in [-0.2, -0.15) is 12.6 Å². The van der Waals surface area contributed by atoms with E-state index in [1.807, 2.05) is 0 Å². The highest BCUT2D eigenvalue weighted by molar-refractivity contribution is 7.81. The Morgan fingerprint density at radius 3 is 1.86 bits per heavy atom. The first-order valence-corrected chi connectivity index (χ1v) is 19.2. The molecular weight excluding hydrogens is 769 g/mol. The summed E-state index contributed by atoms with van der Waals surface area (Å²) in [7, 11) is 2.27. The van der Waals surface area contributed by atoms with Crippen molar-refractivity contribution < 1.29 is 52.6 Å². The monoisotopic (exact) mass is 816 g/mol. The number of fused-ring (bicyclic) bond motifs is 1. The number of carbonyl (C=O) groups is 8. The van der Waals surface area contributed by atoms with Crippen LogP contribution in [-0.4, -0.2) is 94.9 Å². The minimum Gasteiger partial charge on any atom is -0.469 e. The number of benzene rings is 3. The third-order valence-electron chi connectivity index (χ3n) is 9.47. The van der Waals surface area contributed by atoms with Gasteiger partial charge in [0.25, 0.3) is 17.7 Å². The Labute approximate surface area is 342 Å². The zero-order valence-corrected chi connectivity index (χ0v) is 33.7. The Morgan fingerprint density at radius 2 is 1.34 bits per heavy atom. The van der Waals surface area contributed by atoms with Gasteiger partial charge in [-0.05, 0) is 54.9 Å². The van der Waals surface area contributed by atoms with Crippen molar-refractivity contribution in [2.45, 2.75) is 76.0 Å². The van der Waals surface area contributed by atoms with Crippen LogP contribution in [0.3, 0.4) is 0 Å². The summed E-state index contributed by atoms with van der Waals surface area (Å²) in [6, 6.07) is 22.0. The highest BCUT2D eigenvalue weighted by atomic mass is 32.1. The number of nitrogens with one attached hydrogen (secondary N) is 2. The van der Waals surface area contributed by atoms with E-state index in [1.54, 1.807) is 86.6 Å². The SMILES string of the molecule is CNC(=O)[C@@](CCC(=O)OC)(C(=O)[C@H](CC(C)C)NC(=O)OCc1ccccc1)N(C(=O)OCc1ccccc1)C(=O)C(S)CCCN1C(=O)c2ccccc2C1=O. The molecule has 1 heterocycles. The van der Waals surface area contributed by atoms with Gasteiger partial charge in [-0.3, -0.25) is 33.7 Å². The molecule has 0 aromatic heterocycles. The number of amides is 6. The summed E-state index contributed by atoms with van der Waals surface area (Å²) in [6.45, 7) is 2.86. The van der Waals surface area contributed by atoms with Crippen molar-refractivity contribution in [3.05, 3.63) is 107 Å². The third-order valence-corrected chi connectivity index (χ3v) is 9.95. The molecule has 0 spiro atoms. The lowest BCUT2D eigenvalue weighted by molar-refractivity contribution is -0.156. The van der Waals surface area contributed by atoms with E-state index in [1.165, 1.54) is 19.2 Å². The van der Waals surface area contributed by atoms with E-state index in [4.69, 9.17) is 14.2 Å². The predicted molar refractivity (Wildman–Crippen MR) is 213 cm³/mol. The van der Waals surface area contributed by atoms with Crippen LogP contribution >= 0.6 is 12.6 Å². The number of carbonyl (C=O) groups excluding carboxylic acids is 8. The van der Waals surface area contributed by atoms with Gasteiger partial charge >= 0.3 is 18.2 Å². The average molecular weight is 817 g/mol. The molecule has 3 aromatic rings. The fourth-order valence-electron chi connectivity index (χ4n) is 6.54. The number of esters is 1. The van der Waals surface area contributed by atoms with Crippen molar-refractivity contribution >= 4 is 60.2 Å². The quantitative estimate of drug-likeness (QED) is 0.0491. The minimum absolute atomic E-state index is 0.0339. The second-order valence-corrected chi connectivity index (χ2v) is 14.6. The van der Waals surface area contributed by atoms with Gasteiger partial charge in [0, 0.05) is 20.0 Å². The number of Topliss-reactive ketones (excluding diaryl/α,β-unsaturated/α-hetero) is 1. The Kier molecular flexibility index (Phi) is 16.1. The summed E-state index contributed by atoms with van der Waals surface area (Å²) in [5, 5.41) is 3.48. The molecule has 6 amide bonds. The summed E-state index contributed by atoms with van der Waals surface area (Å²) in [4.78, 5) is 112. The molecule has 0 fully saturated rings. The first-order chi connectivity index (χ1) is 27.7. The molecule has 1 unspecified atom stereocenters. The molecule has 1 aliphatic heterocycles. The lowest BCUT2D eigenvalue weighted by atomic mass is 9.79. The van der Waals surface area contributed by atoms with Crippen LogP contribution in [0.2, 0.25) is 0 Å². The van der Waals surface area contributed by atoms with Gasteiger partial charge in [-0.15, -0.1) is 0 Å². The molecule has 4 rings (SSSR count). The number of thiol groups is 1. The topological polar surface area (TPSA) is 195 Å². The van der Waals surface area contributed by atoms with E-state index in [2.05, 4.69) is 23.3 Å². The maximum Gasteiger partial charge on any atom is 0.418 e. The van der Waals surface area contributed by atoms with Crippen LogP contribution in [0.5, 0.6) is 0 Å². The summed E-state index contributed by atoms with van der Waals surface area (Å²) in [6.07, 6.45) is -4.03. The van der Waals surface area contributed by atoms with Crippen LogP contribution in [0.1, 0.15) is 77.8 Å². The van der Waals surface area contributed by atoms with E-state index >= 15 is 4.79 Å². The van der Waals surface area contributed by atoms with E-state index in [0.717, 1.165) is 12.0 Å². The second-order valence-electron chi connectivity index (χ2n) is 13.9. The second kappa shape index (κ2) is 20.9. The maximum atomic E-state index is 15.1.